The Balaban J connectivity index is 2.02. The predicted octanol–water partition coefficient (Wildman–Crippen LogP) is 1.01. The molecule has 0 spiro atoms. The Labute approximate surface area is 119 Å². The summed E-state index contributed by atoms with van der Waals surface area (Å²) in [5, 5.41) is 15.3. The van der Waals surface area contributed by atoms with E-state index in [1.54, 1.807) is 4.68 Å². The van der Waals surface area contributed by atoms with E-state index in [0.717, 1.165) is 31.0 Å². The third-order valence-electron chi connectivity index (χ3n) is 3.72. The average Bonchev–Trinajstić information content (AvgIpc) is 2.65. The van der Waals surface area contributed by atoms with Gasteiger partial charge in [-0.25, -0.2) is 0 Å². The first-order chi connectivity index (χ1) is 9.02. The van der Waals surface area contributed by atoms with Crippen molar-refractivity contribution >= 4 is 11.6 Å². The zero-order chi connectivity index (χ0) is 14.0. The Morgan fingerprint density at radius 1 is 1.58 bits per heavy atom. The van der Waals surface area contributed by atoms with Crippen LogP contribution in [0.5, 0.6) is 0 Å². The molecule has 1 aliphatic heterocycles. The third-order valence-corrected chi connectivity index (χ3v) is 4.21. The maximum atomic E-state index is 10.3. The van der Waals surface area contributed by atoms with Crippen LogP contribution in [0.2, 0.25) is 5.02 Å². The molecule has 2 unspecified atom stereocenters. The summed E-state index contributed by atoms with van der Waals surface area (Å²) in [5.74, 6) is 0. The largest absolute Gasteiger partial charge is 0.390 e. The molecule has 1 aliphatic rings. The SMILES string of the molecule is CCN1CCOC(C(O)Cc2c(Cl)c(C)nn2C)C1. The van der Waals surface area contributed by atoms with E-state index in [-0.39, 0.29) is 6.10 Å². The fourth-order valence-electron chi connectivity index (χ4n) is 2.48. The first-order valence-electron chi connectivity index (χ1n) is 6.73. The molecule has 0 bridgehead atoms. The molecule has 2 heterocycles. The first-order valence-corrected chi connectivity index (χ1v) is 7.10. The number of aliphatic hydroxyl groups excluding tert-OH is 1. The molecule has 0 saturated carbocycles. The Bertz CT molecular complexity index is 436. The van der Waals surface area contributed by atoms with Crippen LogP contribution in [0.25, 0.3) is 0 Å². The van der Waals surface area contributed by atoms with Gasteiger partial charge >= 0.3 is 0 Å². The minimum Gasteiger partial charge on any atom is -0.390 e. The third kappa shape index (κ3) is 3.28. The number of hydrogen-bond acceptors (Lipinski definition) is 4. The predicted molar refractivity (Wildman–Crippen MR) is 74.5 cm³/mol. The number of aromatic nitrogens is 2. The van der Waals surface area contributed by atoms with E-state index in [2.05, 4.69) is 16.9 Å². The minimum atomic E-state index is -0.554. The van der Waals surface area contributed by atoms with Crippen molar-refractivity contribution < 1.29 is 9.84 Å². The number of morpholine rings is 1. The molecule has 0 amide bonds. The van der Waals surface area contributed by atoms with Crippen molar-refractivity contribution in [2.24, 2.45) is 7.05 Å². The van der Waals surface area contributed by atoms with Gasteiger partial charge in [0.15, 0.2) is 0 Å². The topological polar surface area (TPSA) is 50.5 Å². The fourth-order valence-corrected chi connectivity index (χ4v) is 2.72. The van der Waals surface area contributed by atoms with Crippen LogP contribution in [-0.2, 0) is 18.2 Å². The molecule has 0 radical (unpaired) electrons. The van der Waals surface area contributed by atoms with Crippen molar-refractivity contribution in [1.29, 1.82) is 0 Å². The Morgan fingerprint density at radius 2 is 2.32 bits per heavy atom. The molecule has 2 rings (SSSR count). The van der Waals surface area contributed by atoms with E-state index in [1.165, 1.54) is 0 Å². The van der Waals surface area contributed by atoms with Crippen LogP contribution < -0.4 is 0 Å². The molecular weight excluding hydrogens is 266 g/mol. The first kappa shape index (κ1) is 14.8. The van der Waals surface area contributed by atoms with Crippen LogP contribution >= 0.6 is 11.6 Å². The summed E-state index contributed by atoms with van der Waals surface area (Å²) < 4.78 is 7.40. The zero-order valence-corrected chi connectivity index (χ0v) is 12.5. The summed E-state index contributed by atoms with van der Waals surface area (Å²) in [6, 6.07) is 0. The summed E-state index contributed by atoms with van der Waals surface area (Å²) in [7, 11) is 1.85. The maximum absolute atomic E-state index is 10.3. The molecule has 19 heavy (non-hydrogen) atoms. The van der Waals surface area contributed by atoms with Gasteiger partial charge in [0.1, 0.15) is 0 Å². The lowest BCUT2D eigenvalue weighted by atomic mass is 10.1. The summed E-state index contributed by atoms with van der Waals surface area (Å²) >= 11 is 6.21. The second kappa shape index (κ2) is 6.22. The Kier molecular flexibility index (Phi) is 4.84. The highest BCUT2D eigenvalue weighted by molar-refractivity contribution is 6.31. The molecule has 5 nitrogen and oxygen atoms in total. The van der Waals surface area contributed by atoms with E-state index in [0.29, 0.717) is 18.1 Å². The molecular formula is C13H22ClN3O2. The monoisotopic (exact) mass is 287 g/mol. The molecule has 108 valence electrons. The Morgan fingerprint density at radius 3 is 2.89 bits per heavy atom. The van der Waals surface area contributed by atoms with Gasteiger partial charge in [0, 0.05) is 26.6 Å². The fraction of sp³-hybridized carbons (Fsp3) is 0.769. The number of aryl methyl sites for hydroxylation is 2. The van der Waals surface area contributed by atoms with Gasteiger partial charge in [-0.2, -0.15) is 5.10 Å². The number of nitrogens with zero attached hydrogens (tertiary/aromatic N) is 3. The molecule has 1 saturated heterocycles. The summed E-state index contributed by atoms with van der Waals surface area (Å²) in [5.41, 5.74) is 1.66. The molecule has 1 N–H and O–H groups in total. The lowest BCUT2D eigenvalue weighted by molar-refractivity contribution is -0.0871. The van der Waals surface area contributed by atoms with Crippen LogP contribution in [0, 0.1) is 6.92 Å². The number of aliphatic hydroxyl groups is 1. The van der Waals surface area contributed by atoms with Crippen molar-refractivity contribution in [3.05, 3.63) is 16.4 Å². The molecule has 0 aromatic carbocycles. The molecule has 1 aromatic rings. The molecule has 0 aliphatic carbocycles. The van der Waals surface area contributed by atoms with Gasteiger partial charge in [-0.3, -0.25) is 9.58 Å². The molecule has 1 fully saturated rings. The van der Waals surface area contributed by atoms with Crippen LogP contribution in [0.1, 0.15) is 18.3 Å². The van der Waals surface area contributed by atoms with Gasteiger partial charge in [0.25, 0.3) is 0 Å². The quantitative estimate of drug-likeness (QED) is 0.898. The highest BCUT2D eigenvalue weighted by Gasteiger charge is 2.28. The minimum absolute atomic E-state index is 0.153. The average molecular weight is 288 g/mol. The summed E-state index contributed by atoms with van der Waals surface area (Å²) in [6.07, 6.45) is -0.236. The number of likely N-dealkylation sites (N-methyl/N-ethyl adjacent to an activating group) is 1. The van der Waals surface area contributed by atoms with E-state index >= 15 is 0 Å². The van der Waals surface area contributed by atoms with E-state index in [9.17, 15) is 5.11 Å². The number of ether oxygens (including phenoxy) is 1. The number of rotatable bonds is 4. The highest BCUT2D eigenvalue weighted by atomic mass is 35.5. The van der Waals surface area contributed by atoms with Crippen LogP contribution in [0.4, 0.5) is 0 Å². The van der Waals surface area contributed by atoms with Gasteiger partial charge in [0.05, 0.1) is 35.2 Å². The van der Waals surface area contributed by atoms with Crippen molar-refractivity contribution in [2.45, 2.75) is 32.5 Å². The second-order valence-corrected chi connectivity index (χ2v) is 5.42. The van der Waals surface area contributed by atoms with Gasteiger partial charge in [-0.15, -0.1) is 0 Å². The highest BCUT2D eigenvalue weighted by Crippen LogP contribution is 2.22. The van der Waals surface area contributed by atoms with Crippen molar-refractivity contribution in [2.75, 3.05) is 26.2 Å². The number of hydrogen-bond donors (Lipinski definition) is 1. The second-order valence-electron chi connectivity index (χ2n) is 5.04. The lowest BCUT2D eigenvalue weighted by Gasteiger charge is -2.34. The standard InChI is InChI=1S/C13H22ClN3O2/c1-4-17-5-6-19-12(8-17)11(18)7-10-13(14)9(2)15-16(10)3/h11-12,18H,4-8H2,1-3H3. The lowest BCUT2D eigenvalue weighted by Crippen LogP contribution is -2.48. The van der Waals surface area contributed by atoms with Crippen molar-refractivity contribution in [3.8, 4) is 0 Å². The van der Waals surface area contributed by atoms with E-state index in [4.69, 9.17) is 16.3 Å². The smallest absolute Gasteiger partial charge is 0.0964 e. The summed E-state index contributed by atoms with van der Waals surface area (Å²) in [4.78, 5) is 2.29. The molecule has 2 atom stereocenters. The van der Waals surface area contributed by atoms with E-state index < -0.39 is 6.10 Å². The van der Waals surface area contributed by atoms with Crippen LogP contribution in [0.3, 0.4) is 0 Å². The van der Waals surface area contributed by atoms with Gasteiger partial charge < -0.3 is 9.84 Å². The van der Waals surface area contributed by atoms with E-state index in [1.807, 2.05) is 14.0 Å². The molecule has 1 aromatic heterocycles. The van der Waals surface area contributed by atoms with Gasteiger partial charge in [-0.05, 0) is 13.5 Å². The molecule has 6 heteroatoms. The van der Waals surface area contributed by atoms with Crippen LogP contribution in [-0.4, -0.2) is 58.2 Å². The summed E-state index contributed by atoms with van der Waals surface area (Å²) in [6.45, 7) is 7.35. The van der Waals surface area contributed by atoms with Gasteiger partial charge in [0.2, 0.25) is 0 Å². The normalized spacial score (nSPS) is 22.7. The Hall–Kier alpha value is -0.620. The maximum Gasteiger partial charge on any atom is 0.0964 e. The zero-order valence-electron chi connectivity index (χ0n) is 11.8. The number of halogens is 1. The van der Waals surface area contributed by atoms with Crippen LogP contribution in [0.15, 0.2) is 0 Å². The van der Waals surface area contributed by atoms with Crippen molar-refractivity contribution in [3.63, 3.8) is 0 Å². The van der Waals surface area contributed by atoms with Gasteiger partial charge in [-0.1, -0.05) is 18.5 Å². The van der Waals surface area contributed by atoms with Crippen molar-refractivity contribution in [1.82, 2.24) is 14.7 Å².